The number of fused-ring (bicyclic) bond motifs is 1. The van der Waals surface area contributed by atoms with Gasteiger partial charge in [0, 0.05) is 0 Å². The number of nitrogens with zero attached hydrogens (tertiary/aromatic N) is 1. The number of carboxylic acids is 1. The summed E-state index contributed by atoms with van der Waals surface area (Å²) in [6, 6.07) is 5.34. The fraction of sp³-hybridized carbons (Fsp3) is 0.182. The molecule has 0 bridgehead atoms. The first-order valence-corrected chi connectivity index (χ1v) is 4.73. The molecule has 1 aromatic carbocycles. The Morgan fingerprint density at radius 1 is 1.31 bits per heavy atom. The van der Waals surface area contributed by atoms with Gasteiger partial charge in [-0.15, -0.1) is 0 Å². The molecule has 1 aliphatic heterocycles. The van der Waals surface area contributed by atoms with Crippen LogP contribution in [0.3, 0.4) is 0 Å². The second-order valence-corrected chi connectivity index (χ2v) is 3.54. The Morgan fingerprint density at radius 2 is 1.94 bits per heavy atom. The molecule has 0 spiro atoms. The largest absolute Gasteiger partial charge is 0.480 e. The molecule has 0 fully saturated rings. The van der Waals surface area contributed by atoms with E-state index in [0.29, 0.717) is 5.69 Å². The van der Waals surface area contributed by atoms with Gasteiger partial charge >= 0.3 is 5.97 Å². The van der Waals surface area contributed by atoms with Crippen molar-refractivity contribution in [2.24, 2.45) is 0 Å². The van der Waals surface area contributed by atoms with E-state index in [0.717, 1.165) is 4.90 Å². The van der Waals surface area contributed by atoms with Crippen LogP contribution in [0.5, 0.6) is 0 Å². The van der Waals surface area contributed by atoms with E-state index in [-0.39, 0.29) is 5.56 Å². The molecule has 1 aliphatic rings. The van der Waals surface area contributed by atoms with Gasteiger partial charge in [-0.25, -0.2) is 4.79 Å². The number of para-hydroxylation sites is 1. The van der Waals surface area contributed by atoms with Crippen molar-refractivity contribution in [3.05, 3.63) is 29.8 Å². The Bertz CT molecular complexity index is 495. The molecule has 0 aromatic heterocycles. The summed E-state index contributed by atoms with van der Waals surface area (Å²) in [5.41, 5.74) is 0.632. The highest BCUT2D eigenvalue weighted by molar-refractivity contribution is 6.52. The van der Waals surface area contributed by atoms with Crippen LogP contribution in [-0.2, 0) is 9.59 Å². The normalized spacial score (nSPS) is 16.2. The van der Waals surface area contributed by atoms with Crippen molar-refractivity contribution in [1.82, 2.24) is 0 Å². The zero-order chi connectivity index (χ0) is 11.9. The number of benzene rings is 1. The first-order chi connectivity index (χ1) is 7.54. The summed E-state index contributed by atoms with van der Waals surface area (Å²) in [4.78, 5) is 35.0. The van der Waals surface area contributed by atoms with Crippen LogP contribution in [0.15, 0.2) is 24.3 Å². The number of carbonyl (C=O) groups is 3. The lowest BCUT2D eigenvalue weighted by Crippen LogP contribution is -2.42. The second kappa shape index (κ2) is 3.44. The number of rotatable bonds is 2. The summed E-state index contributed by atoms with van der Waals surface area (Å²) in [5, 5.41) is 8.87. The summed E-state index contributed by atoms with van der Waals surface area (Å²) >= 11 is 0. The third kappa shape index (κ3) is 1.29. The summed E-state index contributed by atoms with van der Waals surface area (Å²) in [5.74, 6) is -2.57. The third-order valence-corrected chi connectivity index (χ3v) is 2.57. The molecule has 1 aromatic rings. The van der Waals surface area contributed by atoms with Gasteiger partial charge in [0.1, 0.15) is 6.04 Å². The van der Waals surface area contributed by atoms with Gasteiger partial charge in [0.05, 0.1) is 11.3 Å². The molecule has 2 rings (SSSR count). The van der Waals surface area contributed by atoms with Crippen LogP contribution in [-0.4, -0.2) is 28.8 Å². The lowest BCUT2D eigenvalue weighted by Gasteiger charge is -2.20. The van der Waals surface area contributed by atoms with Crippen molar-refractivity contribution in [3.8, 4) is 0 Å². The van der Waals surface area contributed by atoms with Gasteiger partial charge in [-0.2, -0.15) is 0 Å². The number of Topliss-reactive ketones (excluding diaryl/α,β-unsaturated/α-hetero) is 1. The molecule has 82 valence electrons. The van der Waals surface area contributed by atoms with Crippen LogP contribution in [0.25, 0.3) is 0 Å². The van der Waals surface area contributed by atoms with Gasteiger partial charge in [0.25, 0.3) is 11.7 Å². The van der Waals surface area contributed by atoms with Crippen molar-refractivity contribution in [1.29, 1.82) is 0 Å². The number of ketones is 1. The zero-order valence-electron chi connectivity index (χ0n) is 8.51. The van der Waals surface area contributed by atoms with Crippen molar-refractivity contribution >= 4 is 23.3 Å². The Hall–Kier alpha value is -2.17. The van der Waals surface area contributed by atoms with Gasteiger partial charge in [-0.3, -0.25) is 14.5 Å². The van der Waals surface area contributed by atoms with Crippen molar-refractivity contribution < 1.29 is 19.5 Å². The number of carbonyl (C=O) groups excluding carboxylic acids is 2. The first-order valence-electron chi connectivity index (χ1n) is 4.73. The maximum absolute atomic E-state index is 11.6. The quantitative estimate of drug-likeness (QED) is 0.742. The van der Waals surface area contributed by atoms with Crippen LogP contribution >= 0.6 is 0 Å². The van der Waals surface area contributed by atoms with Crippen LogP contribution in [0.2, 0.25) is 0 Å². The van der Waals surface area contributed by atoms with Gasteiger partial charge in [-0.05, 0) is 19.1 Å². The Morgan fingerprint density at radius 3 is 2.56 bits per heavy atom. The summed E-state index contributed by atoms with van der Waals surface area (Å²) < 4.78 is 0. The van der Waals surface area contributed by atoms with Crippen LogP contribution in [0.1, 0.15) is 17.3 Å². The summed E-state index contributed by atoms with van der Waals surface area (Å²) in [6.45, 7) is 1.37. The molecule has 0 aliphatic carbocycles. The zero-order valence-corrected chi connectivity index (χ0v) is 8.51. The van der Waals surface area contributed by atoms with Crippen LogP contribution in [0, 0.1) is 0 Å². The minimum atomic E-state index is -1.14. The topological polar surface area (TPSA) is 74.7 Å². The maximum atomic E-state index is 11.6. The minimum absolute atomic E-state index is 0.264. The van der Waals surface area contributed by atoms with E-state index < -0.39 is 23.7 Å². The van der Waals surface area contributed by atoms with Gasteiger partial charge in [0.15, 0.2) is 0 Å². The second-order valence-electron chi connectivity index (χ2n) is 3.54. The van der Waals surface area contributed by atoms with E-state index in [1.165, 1.54) is 13.0 Å². The molecule has 1 atom stereocenters. The monoisotopic (exact) mass is 219 g/mol. The molecule has 5 heteroatoms. The van der Waals surface area contributed by atoms with E-state index in [1.807, 2.05) is 0 Å². The number of anilines is 1. The third-order valence-electron chi connectivity index (χ3n) is 2.57. The number of hydrogen-bond acceptors (Lipinski definition) is 3. The molecule has 0 saturated heterocycles. The highest BCUT2D eigenvalue weighted by atomic mass is 16.4. The molecule has 16 heavy (non-hydrogen) atoms. The SMILES string of the molecule is C[C@@H](C(=O)O)N1C(=O)C(=O)c2ccccc21. The molecule has 5 nitrogen and oxygen atoms in total. The molecule has 0 radical (unpaired) electrons. The van der Waals surface area contributed by atoms with Gasteiger partial charge < -0.3 is 5.11 Å². The Labute approximate surface area is 91.3 Å². The standard InChI is InChI=1S/C11H9NO4/c1-6(11(15)16)12-8-5-3-2-4-7(8)9(13)10(12)14/h2-6H,1H3,(H,15,16)/t6-/m0/s1. The van der Waals surface area contributed by atoms with E-state index in [1.54, 1.807) is 18.2 Å². The van der Waals surface area contributed by atoms with Gasteiger partial charge in [-0.1, -0.05) is 12.1 Å². The van der Waals surface area contributed by atoms with Crippen molar-refractivity contribution in [2.75, 3.05) is 4.90 Å². The fourth-order valence-corrected chi connectivity index (χ4v) is 1.70. The average molecular weight is 219 g/mol. The summed E-state index contributed by atoms with van der Waals surface area (Å²) in [7, 11) is 0. The number of aliphatic carboxylic acids is 1. The van der Waals surface area contributed by atoms with Gasteiger partial charge in [0.2, 0.25) is 0 Å². The van der Waals surface area contributed by atoms with E-state index in [2.05, 4.69) is 0 Å². The molecule has 0 unspecified atom stereocenters. The lowest BCUT2D eigenvalue weighted by atomic mass is 10.1. The summed E-state index contributed by atoms with van der Waals surface area (Å²) in [6.07, 6.45) is 0. The molecule has 1 N–H and O–H groups in total. The van der Waals surface area contributed by atoms with Crippen molar-refractivity contribution in [2.45, 2.75) is 13.0 Å². The minimum Gasteiger partial charge on any atom is -0.480 e. The maximum Gasteiger partial charge on any atom is 0.326 e. The average Bonchev–Trinajstić information content (AvgIpc) is 2.52. The molecule has 1 heterocycles. The predicted octanol–water partition coefficient (Wildman–Crippen LogP) is 0.689. The first kappa shape index (κ1) is 10.4. The highest BCUT2D eigenvalue weighted by Gasteiger charge is 2.40. The fourth-order valence-electron chi connectivity index (χ4n) is 1.70. The van der Waals surface area contributed by atoms with Crippen molar-refractivity contribution in [3.63, 3.8) is 0 Å². The van der Waals surface area contributed by atoms with Crippen LogP contribution in [0.4, 0.5) is 5.69 Å². The number of amides is 1. The number of carboxylic acid groups (broad SMARTS) is 1. The molecule has 0 saturated carbocycles. The molecular weight excluding hydrogens is 210 g/mol. The Kier molecular flexibility index (Phi) is 2.23. The smallest absolute Gasteiger partial charge is 0.326 e. The molecular formula is C11H9NO4. The lowest BCUT2D eigenvalue weighted by molar-refractivity contribution is -0.139. The highest BCUT2D eigenvalue weighted by Crippen LogP contribution is 2.30. The van der Waals surface area contributed by atoms with Crippen LogP contribution < -0.4 is 4.90 Å². The predicted molar refractivity (Wildman–Crippen MR) is 55.4 cm³/mol. The van der Waals surface area contributed by atoms with E-state index >= 15 is 0 Å². The van der Waals surface area contributed by atoms with E-state index in [9.17, 15) is 14.4 Å². The van der Waals surface area contributed by atoms with E-state index in [4.69, 9.17) is 5.11 Å². The Balaban J connectivity index is 2.53. The molecule has 1 amide bonds. The number of hydrogen-bond donors (Lipinski definition) is 1.